The van der Waals surface area contributed by atoms with E-state index >= 15 is 0 Å². The number of anilines is 1. The first-order valence-corrected chi connectivity index (χ1v) is 4.29. The van der Waals surface area contributed by atoms with Crippen molar-refractivity contribution < 1.29 is 14.3 Å². The average Bonchev–Trinajstić information content (AvgIpc) is 2.06. The summed E-state index contributed by atoms with van der Waals surface area (Å²) in [6, 6.07) is 4.29. The predicted molar refractivity (Wildman–Crippen MR) is 50.2 cm³/mol. The summed E-state index contributed by atoms with van der Waals surface area (Å²) in [6.45, 7) is -0.298. The van der Waals surface area contributed by atoms with Crippen LogP contribution in [-0.4, -0.2) is 17.6 Å². The molecular formula is C8H7BrFNO2. The standard InChI is InChI=1S/C8H7BrFNO2/c9-5-1-2-6(10)7(3-5)11-4-8(12)13/h1-3,11H,4H2,(H,12,13). The van der Waals surface area contributed by atoms with Gasteiger partial charge in [0.2, 0.25) is 0 Å². The number of aliphatic carboxylic acids is 1. The van der Waals surface area contributed by atoms with Gasteiger partial charge in [0.25, 0.3) is 0 Å². The van der Waals surface area contributed by atoms with Gasteiger partial charge in [0.1, 0.15) is 12.4 Å². The first-order chi connectivity index (χ1) is 6.09. The van der Waals surface area contributed by atoms with E-state index in [9.17, 15) is 9.18 Å². The van der Waals surface area contributed by atoms with Crippen molar-refractivity contribution in [1.29, 1.82) is 0 Å². The molecule has 1 aromatic rings. The second-order valence-corrected chi connectivity index (χ2v) is 3.29. The number of halogens is 2. The molecule has 0 atom stereocenters. The van der Waals surface area contributed by atoms with Crippen LogP contribution in [0.5, 0.6) is 0 Å². The SMILES string of the molecule is O=C(O)CNc1cc(Br)ccc1F. The summed E-state index contributed by atoms with van der Waals surface area (Å²) in [5.41, 5.74) is 0.178. The number of hydrogen-bond donors (Lipinski definition) is 2. The highest BCUT2D eigenvalue weighted by Gasteiger charge is 2.03. The van der Waals surface area contributed by atoms with E-state index in [-0.39, 0.29) is 12.2 Å². The predicted octanol–water partition coefficient (Wildman–Crippen LogP) is 2.08. The lowest BCUT2D eigenvalue weighted by atomic mass is 10.3. The first kappa shape index (κ1) is 9.98. The molecule has 3 nitrogen and oxygen atoms in total. The van der Waals surface area contributed by atoms with Crippen LogP contribution < -0.4 is 5.32 Å². The van der Waals surface area contributed by atoms with Gasteiger partial charge in [-0.2, -0.15) is 0 Å². The van der Waals surface area contributed by atoms with Crippen molar-refractivity contribution in [2.75, 3.05) is 11.9 Å². The molecule has 2 N–H and O–H groups in total. The number of rotatable bonds is 3. The Morgan fingerprint density at radius 1 is 1.62 bits per heavy atom. The van der Waals surface area contributed by atoms with Gasteiger partial charge < -0.3 is 10.4 Å². The fourth-order valence-corrected chi connectivity index (χ4v) is 1.16. The van der Waals surface area contributed by atoms with Gasteiger partial charge in [0.05, 0.1) is 5.69 Å². The Labute approximate surface area is 82.7 Å². The highest BCUT2D eigenvalue weighted by atomic mass is 79.9. The Bertz CT molecular complexity index is 330. The maximum Gasteiger partial charge on any atom is 0.322 e. The van der Waals surface area contributed by atoms with Crippen molar-refractivity contribution in [3.8, 4) is 0 Å². The highest BCUT2D eigenvalue weighted by Crippen LogP contribution is 2.19. The minimum absolute atomic E-state index is 0.178. The molecule has 0 saturated carbocycles. The van der Waals surface area contributed by atoms with Crippen molar-refractivity contribution in [2.45, 2.75) is 0 Å². The molecular weight excluding hydrogens is 241 g/mol. The average molecular weight is 248 g/mol. The molecule has 1 rings (SSSR count). The Morgan fingerprint density at radius 2 is 2.31 bits per heavy atom. The second-order valence-electron chi connectivity index (χ2n) is 2.37. The molecule has 0 amide bonds. The van der Waals surface area contributed by atoms with Gasteiger partial charge in [-0.05, 0) is 18.2 Å². The van der Waals surface area contributed by atoms with Crippen LogP contribution in [0.2, 0.25) is 0 Å². The smallest absolute Gasteiger partial charge is 0.322 e. The van der Waals surface area contributed by atoms with Gasteiger partial charge in [-0.1, -0.05) is 15.9 Å². The number of nitrogens with one attached hydrogen (secondary N) is 1. The summed E-state index contributed by atoms with van der Waals surface area (Å²) in [5.74, 6) is -1.50. The number of carboxylic acids is 1. The summed E-state index contributed by atoms with van der Waals surface area (Å²) in [4.78, 5) is 10.2. The highest BCUT2D eigenvalue weighted by molar-refractivity contribution is 9.10. The zero-order chi connectivity index (χ0) is 9.84. The van der Waals surface area contributed by atoms with Crippen molar-refractivity contribution in [2.24, 2.45) is 0 Å². The quantitative estimate of drug-likeness (QED) is 0.860. The fourth-order valence-electron chi connectivity index (χ4n) is 0.804. The van der Waals surface area contributed by atoms with Gasteiger partial charge in [-0.3, -0.25) is 4.79 Å². The van der Waals surface area contributed by atoms with Crippen LogP contribution in [-0.2, 0) is 4.79 Å². The molecule has 13 heavy (non-hydrogen) atoms. The van der Waals surface area contributed by atoms with Crippen molar-refractivity contribution >= 4 is 27.6 Å². The number of benzene rings is 1. The molecule has 0 unspecified atom stereocenters. The minimum atomic E-state index is -1.03. The Morgan fingerprint density at radius 3 is 2.92 bits per heavy atom. The third-order valence-corrected chi connectivity index (χ3v) is 1.85. The summed E-state index contributed by atoms with van der Waals surface area (Å²) in [6.07, 6.45) is 0. The second kappa shape index (κ2) is 4.23. The Hall–Kier alpha value is -1.10. The summed E-state index contributed by atoms with van der Waals surface area (Å²) in [5, 5.41) is 10.8. The number of carboxylic acid groups (broad SMARTS) is 1. The molecule has 0 spiro atoms. The number of carbonyl (C=O) groups is 1. The zero-order valence-electron chi connectivity index (χ0n) is 6.55. The molecule has 1 aromatic carbocycles. The molecule has 0 fully saturated rings. The van der Waals surface area contributed by atoms with E-state index in [1.165, 1.54) is 12.1 Å². The minimum Gasteiger partial charge on any atom is -0.480 e. The largest absolute Gasteiger partial charge is 0.480 e. The van der Waals surface area contributed by atoms with Crippen LogP contribution in [0, 0.1) is 5.82 Å². The topological polar surface area (TPSA) is 49.3 Å². The van der Waals surface area contributed by atoms with Gasteiger partial charge in [-0.25, -0.2) is 4.39 Å². The zero-order valence-corrected chi connectivity index (χ0v) is 8.14. The third-order valence-electron chi connectivity index (χ3n) is 1.36. The summed E-state index contributed by atoms with van der Waals surface area (Å²) < 4.78 is 13.6. The van der Waals surface area contributed by atoms with E-state index in [2.05, 4.69) is 21.2 Å². The lowest BCUT2D eigenvalue weighted by Gasteiger charge is -2.04. The monoisotopic (exact) mass is 247 g/mol. The van der Waals surface area contributed by atoms with Crippen LogP contribution in [0.25, 0.3) is 0 Å². The summed E-state index contributed by atoms with van der Waals surface area (Å²) >= 11 is 3.15. The molecule has 0 bridgehead atoms. The van der Waals surface area contributed by atoms with E-state index in [4.69, 9.17) is 5.11 Å². The molecule has 0 saturated heterocycles. The van der Waals surface area contributed by atoms with Gasteiger partial charge in [0.15, 0.2) is 0 Å². The Balaban J connectivity index is 2.75. The van der Waals surface area contributed by atoms with E-state index in [0.717, 1.165) is 0 Å². The van der Waals surface area contributed by atoms with Crippen LogP contribution in [0.3, 0.4) is 0 Å². The number of hydrogen-bond acceptors (Lipinski definition) is 2. The van der Waals surface area contributed by atoms with Gasteiger partial charge >= 0.3 is 5.97 Å². The molecule has 70 valence electrons. The molecule has 5 heteroatoms. The Kier molecular flexibility index (Phi) is 3.25. The van der Waals surface area contributed by atoms with Crippen LogP contribution in [0.15, 0.2) is 22.7 Å². The van der Waals surface area contributed by atoms with E-state index in [1.54, 1.807) is 6.07 Å². The summed E-state index contributed by atoms with van der Waals surface area (Å²) in [7, 11) is 0. The van der Waals surface area contributed by atoms with Crippen LogP contribution >= 0.6 is 15.9 Å². The van der Waals surface area contributed by atoms with E-state index in [0.29, 0.717) is 4.47 Å². The molecule has 0 radical (unpaired) electrons. The van der Waals surface area contributed by atoms with Crippen LogP contribution in [0.4, 0.5) is 10.1 Å². The van der Waals surface area contributed by atoms with E-state index in [1.807, 2.05) is 0 Å². The van der Waals surface area contributed by atoms with E-state index < -0.39 is 11.8 Å². The first-order valence-electron chi connectivity index (χ1n) is 3.50. The maximum absolute atomic E-state index is 12.9. The molecule has 0 heterocycles. The third kappa shape index (κ3) is 3.02. The molecule has 0 aromatic heterocycles. The fraction of sp³-hybridized carbons (Fsp3) is 0.125. The lowest BCUT2D eigenvalue weighted by Crippen LogP contribution is -2.13. The lowest BCUT2D eigenvalue weighted by molar-refractivity contribution is -0.134. The van der Waals surface area contributed by atoms with Crippen molar-refractivity contribution in [1.82, 2.24) is 0 Å². The maximum atomic E-state index is 12.9. The molecule has 0 aliphatic heterocycles. The van der Waals surface area contributed by atoms with Crippen LogP contribution in [0.1, 0.15) is 0 Å². The van der Waals surface area contributed by atoms with Crippen molar-refractivity contribution in [3.05, 3.63) is 28.5 Å². The molecule has 0 aliphatic rings. The molecule has 0 aliphatic carbocycles. The van der Waals surface area contributed by atoms with Crippen molar-refractivity contribution in [3.63, 3.8) is 0 Å². The van der Waals surface area contributed by atoms with Gasteiger partial charge in [-0.15, -0.1) is 0 Å². The van der Waals surface area contributed by atoms with Gasteiger partial charge in [0, 0.05) is 4.47 Å². The normalized spacial score (nSPS) is 9.69.